The lowest BCUT2D eigenvalue weighted by molar-refractivity contribution is 0.725. The molecule has 1 heterocycles. The normalized spacial score (nSPS) is 12.5. The topological polar surface area (TPSA) is 51.8 Å². The van der Waals surface area contributed by atoms with Crippen molar-refractivity contribution in [3.05, 3.63) is 71.0 Å². The molecule has 3 heteroatoms. The lowest BCUT2D eigenvalue weighted by Crippen LogP contribution is -2.14. The molecule has 3 rings (SSSR count). The highest BCUT2D eigenvalue weighted by molar-refractivity contribution is 5.78. The number of hydrogen-bond acceptors (Lipinski definition) is 3. The Morgan fingerprint density at radius 2 is 1.81 bits per heavy atom. The van der Waals surface area contributed by atoms with Crippen LogP contribution in [0.25, 0.3) is 11.0 Å². The van der Waals surface area contributed by atoms with Crippen molar-refractivity contribution in [2.45, 2.75) is 26.3 Å². The van der Waals surface area contributed by atoms with Gasteiger partial charge in [-0.05, 0) is 48.6 Å². The monoisotopic (exact) mass is 277 g/mol. The van der Waals surface area contributed by atoms with E-state index in [0.29, 0.717) is 0 Å². The van der Waals surface area contributed by atoms with Gasteiger partial charge in [0.15, 0.2) is 0 Å². The van der Waals surface area contributed by atoms with E-state index < -0.39 is 0 Å². The average molecular weight is 277 g/mol. The van der Waals surface area contributed by atoms with Crippen molar-refractivity contribution in [3.63, 3.8) is 0 Å². The fourth-order valence-corrected chi connectivity index (χ4v) is 2.61. The van der Waals surface area contributed by atoms with E-state index in [0.717, 1.165) is 23.0 Å². The first-order valence-corrected chi connectivity index (χ1v) is 7.16. The van der Waals surface area contributed by atoms with E-state index in [9.17, 15) is 0 Å². The van der Waals surface area contributed by atoms with E-state index in [2.05, 4.69) is 42.0 Å². The first-order chi connectivity index (χ1) is 10.1. The number of nitrogens with zero attached hydrogens (tertiary/aromatic N) is 2. The highest BCUT2D eigenvalue weighted by atomic mass is 14.8. The summed E-state index contributed by atoms with van der Waals surface area (Å²) in [6.45, 7) is 4.26. The molecule has 0 radical (unpaired) electrons. The minimum absolute atomic E-state index is 0.0764. The molecule has 106 valence electrons. The molecule has 0 saturated heterocycles. The van der Waals surface area contributed by atoms with Gasteiger partial charge in [-0.15, -0.1) is 0 Å². The fourth-order valence-electron chi connectivity index (χ4n) is 2.61. The molecule has 1 atom stereocenters. The Kier molecular flexibility index (Phi) is 3.67. The molecule has 2 N–H and O–H groups in total. The lowest BCUT2D eigenvalue weighted by Gasteiger charge is -2.14. The Hall–Kier alpha value is -2.26. The van der Waals surface area contributed by atoms with Gasteiger partial charge in [0.05, 0.1) is 11.0 Å². The number of hydrogen-bond donors (Lipinski definition) is 1. The summed E-state index contributed by atoms with van der Waals surface area (Å²) in [5.41, 5.74) is 13.1. The smallest absolute Gasteiger partial charge is 0.0934 e. The van der Waals surface area contributed by atoms with Crippen molar-refractivity contribution in [3.8, 4) is 0 Å². The van der Waals surface area contributed by atoms with Crippen LogP contribution in [0.15, 0.2) is 48.8 Å². The van der Waals surface area contributed by atoms with Crippen molar-refractivity contribution >= 4 is 11.0 Å². The first kappa shape index (κ1) is 13.7. The second-order valence-electron chi connectivity index (χ2n) is 5.50. The molecule has 0 fully saturated rings. The molecule has 0 spiro atoms. The third-order valence-electron chi connectivity index (χ3n) is 3.96. The molecule has 0 amide bonds. The Morgan fingerprint density at radius 1 is 1.00 bits per heavy atom. The maximum Gasteiger partial charge on any atom is 0.0934 e. The van der Waals surface area contributed by atoms with Crippen LogP contribution in [0.3, 0.4) is 0 Å². The van der Waals surface area contributed by atoms with Gasteiger partial charge in [0, 0.05) is 18.4 Å². The minimum atomic E-state index is -0.0764. The molecule has 0 aliphatic heterocycles. The summed E-state index contributed by atoms with van der Waals surface area (Å²) in [7, 11) is 0. The van der Waals surface area contributed by atoms with E-state index in [1.807, 2.05) is 18.2 Å². The maximum atomic E-state index is 6.41. The SMILES string of the molecule is Cc1ccc(CC(N)c2cccc3nccnc23)cc1C. The molecule has 0 saturated carbocycles. The van der Waals surface area contributed by atoms with Crippen molar-refractivity contribution < 1.29 is 0 Å². The van der Waals surface area contributed by atoms with Crippen molar-refractivity contribution in [2.75, 3.05) is 0 Å². The van der Waals surface area contributed by atoms with Gasteiger partial charge < -0.3 is 5.73 Å². The van der Waals surface area contributed by atoms with E-state index in [4.69, 9.17) is 5.73 Å². The van der Waals surface area contributed by atoms with Crippen LogP contribution in [0.5, 0.6) is 0 Å². The van der Waals surface area contributed by atoms with Crippen molar-refractivity contribution in [1.29, 1.82) is 0 Å². The van der Waals surface area contributed by atoms with Crippen LogP contribution in [0, 0.1) is 13.8 Å². The Morgan fingerprint density at radius 3 is 2.62 bits per heavy atom. The van der Waals surface area contributed by atoms with Gasteiger partial charge in [0.2, 0.25) is 0 Å². The molecule has 3 nitrogen and oxygen atoms in total. The molecule has 0 bridgehead atoms. The molecule has 2 aromatic carbocycles. The predicted octanol–water partition coefficient (Wildman–Crippen LogP) is 3.49. The maximum absolute atomic E-state index is 6.41. The largest absolute Gasteiger partial charge is 0.324 e. The van der Waals surface area contributed by atoms with E-state index >= 15 is 0 Å². The van der Waals surface area contributed by atoms with Crippen LogP contribution in [0.4, 0.5) is 0 Å². The number of aryl methyl sites for hydroxylation is 2. The predicted molar refractivity (Wildman–Crippen MR) is 86.1 cm³/mol. The van der Waals surface area contributed by atoms with Gasteiger partial charge in [0.25, 0.3) is 0 Å². The average Bonchev–Trinajstić information content (AvgIpc) is 2.50. The van der Waals surface area contributed by atoms with Crippen LogP contribution in [-0.2, 0) is 6.42 Å². The zero-order valence-corrected chi connectivity index (χ0v) is 12.4. The molecule has 0 aliphatic carbocycles. The van der Waals surface area contributed by atoms with Gasteiger partial charge in [-0.1, -0.05) is 30.3 Å². The number of aromatic nitrogens is 2. The Labute approximate surface area is 124 Å². The lowest BCUT2D eigenvalue weighted by atomic mass is 9.96. The van der Waals surface area contributed by atoms with Gasteiger partial charge in [0.1, 0.15) is 0 Å². The zero-order valence-electron chi connectivity index (χ0n) is 12.4. The summed E-state index contributed by atoms with van der Waals surface area (Å²) < 4.78 is 0. The van der Waals surface area contributed by atoms with Crippen LogP contribution in [0.1, 0.15) is 28.3 Å². The standard InChI is InChI=1S/C18H19N3/c1-12-6-7-14(10-13(12)2)11-16(19)15-4-3-5-17-18(15)21-9-8-20-17/h3-10,16H,11,19H2,1-2H3. The van der Waals surface area contributed by atoms with Gasteiger partial charge in [-0.2, -0.15) is 0 Å². The summed E-state index contributed by atoms with van der Waals surface area (Å²) in [5, 5.41) is 0. The van der Waals surface area contributed by atoms with E-state index in [1.165, 1.54) is 16.7 Å². The number of fused-ring (bicyclic) bond motifs is 1. The zero-order chi connectivity index (χ0) is 14.8. The van der Waals surface area contributed by atoms with Gasteiger partial charge in [-0.3, -0.25) is 9.97 Å². The van der Waals surface area contributed by atoms with Crippen molar-refractivity contribution in [1.82, 2.24) is 9.97 Å². The van der Waals surface area contributed by atoms with Crippen LogP contribution in [-0.4, -0.2) is 9.97 Å². The fraction of sp³-hybridized carbons (Fsp3) is 0.222. The number of rotatable bonds is 3. The molecule has 3 aromatic rings. The highest BCUT2D eigenvalue weighted by Crippen LogP contribution is 2.23. The Bertz CT molecular complexity index is 775. The van der Waals surface area contributed by atoms with Crippen LogP contribution < -0.4 is 5.73 Å². The first-order valence-electron chi connectivity index (χ1n) is 7.16. The summed E-state index contributed by atoms with van der Waals surface area (Å²) in [5.74, 6) is 0. The summed E-state index contributed by atoms with van der Waals surface area (Å²) >= 11 is 0. The highest BCUT2D eigenvalue weighted by Gasteiger charge is 2.12. The van der Waals surface area contributed by atoms with Crippen LogP contribution in [0.2, 0.25) is 0 Å². The quantitative estimate of drug-likeness (QED) is 0.797. The second-order valence-corrected chi connectivity index (χ2v) is 5.50. The second kappa shape index (κ2) is 5.62. The summed E-state index contributed by atoms with van der Waals surface area (Å²) in [6.07, 6.45) is 4.23. The molecule has 1 unspecified atom stereocenters. The summed E-state index contributed by atoms with van der Waals surface area (Å²) in [6, 6.07) is 12.4. The molecular weight excluding hydrogens is 258 g/mol. The minimum Gasteiger partial charge on any atom is -0.324 e. The molecule has 0 aliphatic rings. The summed E-state index contributed by atoms with van der Waals surface area (Å²) in [4.78, 5) is 8.77. The van der Waals surface area contributed by atoms with Gasteiger partial charge >= 0.3 is 0 Å². The molecule has 21 heavy (non-hydrogen) atoms. The van der Waals surface area contributed by atoms with E-state index in [1.54, 1.807) is 12.4 Å². The van der Waals surface area contributed by atoms with Crippen molar-refractivity contribution in [2.24, 2.45) is 5.73 Å². The molecular formula is C18H19N3. The number of benzene rings is 2. The number of nitrogens with two attached hydrogens (primary N) is 1. The number of para-hydroxylation sites is 1. The third-order valence-corrected chi connectivity index (χ3v) is 3.96. The molecule has 1 aromatic heterocycles. The van der Waals surface area contributed by atoms with E-state index in [-0.39, 0.29) is 6.04 Å². The van der Waals surface area contributed by atoms with Crippen LogP contribution >= 0.6 is 0 Å². The third kappa shape index (κ3) is 2.78. The van der Waals surface area contributed by atoms with Gasteiger partial charge in [-0.25, -0.2) is 0 Å². The Balaban J connectivity index is 1.93.